The molecule has 1 aliphatic heterocycles. The number of anilines is 2. The number of piperidine rings is 1. The van der Waals surface area contributed by atoms with Crippen LogP contribution >= 0.6 is 0 Å². The van der Waals surface area contributed by atoms with Gasteiger partial charge in [-0.25, -0.2) is 0 Å². The molecule has 36 heavy (non-hydrogen) atoms. The summed E-state index contributed by atoms with van der Waals surface area (Å²) in [5, 5.41) is 6.31. The van der Waals surface area contributed by atoms with Crippen LogP contribution in [0.5, 0.6) is 0 Å². The lowest BCUT2D eigenvalue weighted by Gasteiger charge is -2.34. The molecule has 2 aromatic rings. The maximum atomic E-state index is 13.4. The van der Waals surface area contributed by atoms with Gasteiger partial charge >= 0.3 is 0 Å². The third kappa shape index (κ3) is 7.11. The fourth-order valence-electron chi connectivity index (χ4n) is 5.44. The van der Waals surface area contributed by atoms with E-state index in [4.69, 9.17) is 0 Å². The number of nitrogens with zero attached hydrogens (tertiary/aromatic N) is 1. The Morgan fingerprint density at radius 1 is 0.889 bits per heavy atom. The van der Waals surface area contributed by atoms with Gasteiger partial charge in [0.2, 0.25) is 0 Å². The molecular weight excluding hydrogens is 446 g/mol. The van der Waals surface area contributed by atoms with Crippen molar-refractivity contribution in [1.29, 1.82) is 0 Å². The highest BCUT2D eigenvalue weighted by molar-refractivity contribution is 6.06. The highest BCUT2D eigenvalue weighted by Crippen LogP contribution is 2.29. The van der Waals surface area contributed by atoms with E-state index in [0.29, 0.717) is 16.8 Å². The minimum absolute atomic E-state index is 0.0250. The number of carbonyl (C=O) groups is 2. The third-order valence-corrected chi connectivity index (χ3v) is 7.85. The number of amides is 2. The maximum absolute atomic E-state index is 13.4. The Kier molecular flexibility index (Phi) is 9.43. The molecule has 194 valence electrons. The summed E-state index contributed by atoms with van der Waals surface area (Å²) in [6.07, 6.45) is 12.6. The number of hydrogen-bond acceptors (Lipinski definition) is 3. The van der Waals surface area contributed by atoms with E-state index < -0.39 is 0 Å². The van der Waals surface area contributed by atoms with E-state index in [0.717, 1.165) is 56.8 Å². The van der Waals surface area contributed by atoms with E-state index in [1.165, 1.54) is 44.1 Å². The van der Waals surface area contributed by atoms with Gasteiger partial charge in [-0.2, -0.15) is 0 Å². The molecular formula is C31H43N3O2. The van der Waals surface area contributed by atoms with Gasteiger partial charge < -0.3 is 15.5 Å². The molecule has 1 saturated heterocycles. The molecule has 0 unspecified atom stereocenters. The Morgan fingerprint density at radius 3 is 2.31 bits per heavy atom. The van der Waals surface area contributed by atoms with Crippen LogP contribution in [0.3, 0.4) is 0 Å². The molecule has 2 aliphatic rings. The van der Waals surface area contributed by atoms with Crippen molar-refractivity contribution >= 4 is 23.2 Å². The summed E-state index contributed by atoms with van der Waals surface area (Å²) in [4.78, 5) is 28.8. The van der Waals surface area contributed by atoms with Crippen molar-refractivity contribution < 1.29 is 9.59 Å². The van der Waals surface area contributed by atoms with Crippen molar-refractivity contribution in [2.75, 3.05) is 23.3 Å². The number of benzene rings is 2. The van der Waals surface area contributed by atoms with Gasteiger partial charge in [0.15, 0.2) is 0 Å². The Hall–Kier alpha value is -2.82. The monoisotopic (exact) mass is 489 g/mol. The SMILES string of the molecule is CCCCCc1ccc(C(=O)Nc2ccc(N3CCC(C)CC3)c(C(=O)NC3CCCCC3)c2)cc1. The molecule has 2 amide bonds. The second kappa shape index (κ2) is 12.9. The average molecular weight is 490 g/mol. The summed E-state index contributed by atoms with van der Waals surface area (Å²) in [7, 11) is 0. The Balaban J connectivity index is 1.49. The van der Waals surface area contributed by atoms with Crippen molar-refractivity contribution in [3.05, 3.63) is 59.2 Å². The van der Waals surface area contributed by atoms with Crippen LogP contribution in [0.2, 0.25) is 0 Å². The highest BCUT2D eigenvalue weighted by Gasteiger charge is 2.24. The van der Waals surface area contributed by atoms with Crippen molar-refractivity contribution in [3.63, 3.8) is 0 Å². The molecule has 1 heterocycles. The van der Waals surface area contributed by atoms with Crippen molar-refractivity contribution in [3.8, 4) is 0 Å². The number of hydrogen-bond donors (Lipinski definition) is 2. The largest absolute Gasteiger partial charge is 0.371 e. The van der Waals surface area contributed by atoms with Crippen molar-refractivity contribution in [2.45, 2.75) is 90.5 Å². The molecule has 1 saturated carbocycles. The van der Waals surface area contributed by atoms with E-state index in [1.807, 2.05) is 42.5 Å². The number of carbonyl (C=O) groups excluding carboxylic acids is 2. The van der Waals surface area contributed by atoms with Gasteiger partial charge in [-0.3, -0.25) is 9.59 Å². The van der Waals surface area contributed by atoms with E-state index in [9.17, 15) is 9.59 Å². The zero-order valence-electron chi connectivity index (χ0n) is 22.2. The Morgan fingerprint density at radius 2 is 1.61 bits per heavy atom. The first kappa shape index (κ1) is 26.2. The van der Waals surface area contributed by atoms with E-state index >= 15 is 0 Å². The lowest BCUT2D eigenvalue weighted by molar-refractivity contribution is 0.0927. The molecule has 0 atom stereocenters. The molecule has 0 bridgehead atoms. The third-order valence-electron chi connectivity index (χ3n) is 7.85. The summed E-state index contributed by atoms with van der Waals surface area (Å²) < 4.78 is 0. The minimum Gasteiger partial charge on any atom is -0.371 e. The van der Waals surface area contributed by atoms with Crippen molar-refractivity contribution in [1.82, 2.24) is 5.32 Å². The number of nitrogens with one attached hydrogen (secondary N) is 2. The van der Waals surface area contributed by atoms with Gasteiger partial charge in [0.05, 0.1) is 5.56 Å². The van der Waals surface area contributed by atoms with Crippen molar-refractivity contribution in [2.24, 2.45) is 5.92 Å². The summed E-state index contributed by atoms with van der Waals surface area (Å²) in [6.45, 7) is 6.42. The summed E-state index contributed by atoms with van der Waals surface area (Å²) >= 11 is 0. The molecule has 4 rings (SSSR count). The summed E-state index contributed by atoms with van der Waals surface area (Å²) in [5.74, 6) is 0.550. The van der Waals surface area contributed by atoms with E-state index in [1.54, 1.807) is 0 Å². The molecule has 2 N–H and O–H groups in total. The van der Waals surface area contributed by atoms with Gasteiger partial charge in [0.1, 0.15) is 0 Å². The average Bonchev–Trinajstić information content (AvgIpc) is 2.90. The van der Waals surface area contributed by atoms with Gasteiger partial charge in [0, 0.05) is 36.1 Å². The fraction of sp³-hybridized carbons (Fsp3) is 0.548. The molecule has 2 aromatic carbocycles. The standard InChI is InChI=1S/C31H43N3O2/c1-3-4-6-9-24-12-14-25(15-13-24)30(35)33-27-16-17-29(34-20-18-23(2)19-21-34)28(22-27)31(36)32-26-10-7-5-8-11-26/h12-17,22-23,26H,3-11,18-21H2,1-2H3,(H,32,36)(H,33,35). The second-order valence-electron chi connectivity index (χ2n) is 10.8. The Labute approximate surface area is 217 Å². The number of rotatable bonds is 9. The first-order valence-corrected chi connectivity index (χ1v) is 14.1. The van der Waals surface area contributed by atoms with Crippen LogP contribution < -0.4 is 15.5 Å². The highest BCUT2D eigenvalue weighted by atomic mass is 16.2. The fourth-order valence-corrected chi connectivity index (χ4v) is 5.44. The molecule has 0 radical (unpaired) electrons. The molecule has 5 heteroatoms. The van der Waals surface area contributed by atoms with Crippen LogP contribution in [0.15, 0.2) is 42.5 Å². The van der Waals surface area contributed by atoms with Crippen LogP contribution in [-0.2, 0) is 6.42 Å². The maximum Gasteiger partial charge on any atom is 0.255 e. The lowest BCUT2D eigenvalue weighted by atomic mass is 9.95. The molecule has 0 aromatic heterocycles. The predicted octanol–water partition coefficient (Wildman–Crippen LogP) is 6.97. The van der Waals surface area contributed by atoms with E-state index in [2.05, 4.69) is 29.4 Å². The smallest absolute Gasteiger partial charge is 0.255 e. The topological polar surface area (TPSA) is 61.4 Å². The van der Waals surface area contributed by atoms with Crippen LogP contribution in [-0.4, -0.2) is 30.9 Å². The zero-order chi connectivity index (χ0) is 25.3. The predicted molar refractivity (Wildman–Crippen MR) is 149 cm³/mol. The summed E-state index contributed by atoms with van der Waals surface area (Å²) in [5.41, 5.74) is 4.21. The van der Waals surface area contributed by atoms with Crippen LogP contribution in [0.4, 0.5) is 11.4 Å². The van der Waals surface area contributed by atoms with Gasteiger partial charge in [-0.05, 0) is 80.3 Å². The molecule has 2 fully saturated rings. The van der Waals surface area contributed by atoms with Gasteiger partial charge in [-0.15, -0.1) is 0 Å². The first-order valence-electron chi connectivity index (χ1n) is 14.1. The molecule has 1 aliphatic carbocycles. The quantitative estimate of drug-likeness (QED) is 0.374. The van der Waals surface area contributed by atoms with Crippen LogP contribution in [0.25, 0.3) is 0 Å². The first-order chi connectivity index (χ1) is 17.5. The lowest BCUT2D eigenvalue weighted by Crippen LogP contribution is -2.38. The Bertz CT molecular complexity index is 1000. The zero-order valence-corrected chi connectivity index (χ0v) is 22.2. The van der Waals surface area contributed by atoms with E-state index in [-0.39, 0.29) is 17.9 Å². The number of aryl methyl sites for hydroxylation is 1. The second-order valence-corrected chi connectivity index (χ2v) is 10.8. The van der Waals surface area contributed by atoms with Crippen LogP contribution in [0.1, 0.15) is 104 Å². The molecule has 5 nitrogen and oxygen atoms in total. The molecule has 0 spiro atoms. The normalized spacial score (nSPS) is 17.1. The summed E-state index contributed by atoms with van der Waals surface area (Å²) in [6, 6.07) is 14.0. The van der Waals surface area contributed by atoms with Gasteiger partial charge in [-0.1, -0.05) is 58.1 Å². The number of unbranched alkanes of at least 4 members (excludes halogenated alkanes) is 2. The van der Waals surface area contributed by atoms with Crippen LogP contribution in [0, 0.1) is 5.92 Å². The van der Waals surface area contributed by atoms with Gasteiger partial charge in [0.25, 0.3) is 11.8 Å². The minimum atomic E-state index is -0.145.